The number of unbranched alkanes of at least 4 members (excludes halogenated alkanes) is 19. The molecule has 0 spiro atoms. The normalized spacial score (nSPS) is 14.0. The van der Waals surface area contributed by atoms with E-state index in [9.17, 15) is 19.0 Å². The number of rotatable bonds is 39. The minimum Gasteiger partial charge on any atom is -0.462 e. The van der Waals surface area contributed by atoms with Gasteiger partial charge in [0.15, 0.2) is 6.10 Å². The summed E-state index contributed by atoms with van der Waals surface area (Å²) < 4.78 is 34.2. The number of ether oxygens (including phenoxy) is 2. The van der Waals surface area contributed by atoms with E-state index < -0.39 is 26.5 Å². The second-order valence-electron chi connectivity index (χ2n) is 15.7. The first kappa shape index (κ1) is 52.2. The van der Waals surface area contributed by atoms with Crippen molar-refractivity contribution in [1.29, 1.82) is 0 Å². The molecule has 0 amide bonds. The second kappa shape index (κ2) is 36.8. The Balaban J connectivity index is 4.45. The molecule has 0 saturated carbocycles. The van der Waals surface area contributed by atoms with Gasteiger partial charge in [-0.2, -0.15) is 0 Å². The topological polar surface area (TPSA) is 108 Å². The molecule has 0 rings (SSSR count). The molecule has 0 heterocycles. The average molecular weight is 785 g/mol. The Morgan fingerprint density at radius 1 is 0.574 bits per heavy atom. The average Bonchev–Trinajstić information content (AvgIpc) is 3.12. The highest BCUT2D eigenvalue weighted by Crippen LogP contribution is 2.43. The third-order valence-corrected chi connectivity index (χ3v) is 10.1. The van der Waals surface area contributed by atoms with Gasteiger partial charge in [0.2, 0.25) is 0 Å². The molecular formula is C44H83NO8P+. The summed E-state index contributed by atoms with van der Waals surface area (Å²) in [4.78, 5) is 35.3. The van der Waals surface area contributed by atoms with Gasteiger partial charge in [-0.15, -0.1) is 0 Å². The van der Waals surface area contributed by atoms with Crippen molar-refractivity contribution in [3.05, 3.63) is 36.5 Å². The van der Waals surface area contributed by atoms with Gasteiger partial charge in [-0.3, -0.25) is 18.6 Å². The molecule has 10 heteroatoms. The molecule has 0 aliphatic heterocycles. The number of carbonyl (C=O) groups is 2. The van der Waals surface area contributed by atoms with Gasteiger partial charge in [-0.25, -0.2) is 4.57 Å². The maximum Gasteiger partial charge on any atom is 0.472 e. The zero-order valence-electron chi connectivity index (χ0n) is 35.5. The first-order valence-electron chi connectivity index (χ1n) is 21.7. The lowest BCUT2D eigenvalue weighted by Crippen LogP contribution is -2.37. The van der Waals surface area contributed by atoms with Gasteiger partial charge in [0.05, 0.1) is 27.7 Å². The summed E-state index contributed by atoms with van der Waals surface area (Å²) in [5.74, 6) is -0.861. The van der Waals surface area contributed by atoms with Gasteiger partial charge in [0.25, 0.3) is 0 Å². The van der Waals surface area contributed by atoms with Crippen LogP contribution in [0.25, 0.3) is 0 Å². The van der Waals surface area contributed by atoms with Crippen LogP contribution in [0.1, 0.15) is 181 Å². The fraction of sp³-hybridized carbons (Fsp3) is 0.818. The van der Waals surface area contributed by atoms with Crippen molar-refractivity contribution in [2.45, 2.75) is 187 Å². The summed E-state index contributed by atoms with van der Waals surface area (Å²) in [5, 5.41) is 0. The van der Waals surface area contributed by atoms with Gasteiger partial charge in [-0.05, 0) is 64.2 Å². The van der Waals surface area contributed by atoms with E-state index in [1.54, 1.807) is 0 Å². The van der Waals surface area contributed by atoms with Crippen LogP contribution in [0.4, 0.5) is 0 Å². The molecule has 0 aliphatic carbocycles. The van der Waals surface area contributed by atoms with E-state index in [-0.39, 0.29) is 32.0 Å². The number of phosphoric ester groups is 1. The van der Waals surface area contributed by atoms with Crippen molar-refractivity contribution < 1.29 is 42.1 Å². The second-order valence-corrected chi connectivity index (χ2v) is 17.2. The summed E-state index contributed by atoms with van der Waals surface area (Å²) in [6.07, 6.45) is 40.6. The van der Waals surface area contributed by atoms with Gasteiger partial charge < -0.3 is 18.9 Å². The first-order valence-corrected chi connectivity index (χ1v) is 23.2. The van der Waals surface area contributed by atoms with Crippen molar-refractivity contribution in [2.75, 3.05) is 47.5 Å². The van der Waals surface area contributed by atoms with E-state index in [1.807, 2.05) is 21.1 Å². The quantitative estimate of drug-likeness (QED) is 0.0216. The van der Waals surface area contributed by atoms with E-state index in [1.165, 1.54) is 89.9 Å². The minimum atomic E-state index is -4.38. The molecule has 1 unspecified atom stereocenters. The van der Waals surface area contributed by atoms with Gasteiger partial charge in [0.1, 0.15) is 19.8 Å². The molecule has 0 aliphatic rings. The smallest absolute Gasteiger partial charge is 0.462 e. The number of nitrogens with zero attached hydrogens (tertiary/aromatic N) is 1. The molecule has 0 bridgehead atoms. The zero-order valence-corrected chi connectivity index (χ0v) is 36.3. The lowest BCUT2D eigenvalue weighted by molar-refractivity contribution is -0.870. The maximum atomic E-state index is 12.7. The Morgan fingerprint density at radius 2 is 1.02 bits per heavy atom. The van der Waals surface area contributed by atoms with Crippen LogP contribution in [0.2, 0.25) is 0 Å². The molecule has 2 atom stereocenters. The molecule has 0 aromatic carbocycles. The minimum absolute atomic E-state index is 0.0230. The fourth-order valence-corrected chi connectivity index (χ4v) is 6.44. The summed E-state index contributed by atoms with van der Waals surface area (Å²) in [5.41, 5.74) is 0. The number of likely N-dealkylation sites (N-methyl/N-ethyl adjacent to an activating group) is 1. The van der Waals surface area contributed by atoms with E-state index >= 15 is 0 Å². The van der Waals surface area contributed by atoms with Crippen molar-refractivity contribution in [3.8, 4) is 0 Å². The lowest BCUT2D eigenvalue weighted by Gasteiger charge is -2.24. The summed E-state index contributed by atoms with van der Waals surface area (Å²) in [6, 6.07) is 0. The summed E-state index contributed by atoms with van der Waals surface area (Å²) in [6.45, 7) is 4.35. The molecule has 9 nitrogen and oxygen atoms in total. The summed E-state index contributed by atoms with van der Waals surface area (Å²) >= 11 is 0. The van der Waals surface area contributed by atoms with Crippen LogP contribution in [0.3, 0.4) is 0 Å². The predicted molar refractivity (Wildman–Crippen MR) is 224 cm³/mol. The number of carbonyl (C=O) groups excluding carboxylic acids is 2. The van der Waals surface area contributed by atoms with Gasteiger partial charge in [0, 0.05) is 12.8 Å². The van der Waals surface area contributed by atoms with E-state index in [2.05, 4.69) is 50.3 Å². The third kappa shape index (κ3) is 39.9. The molecule has 0 fully saturated rings. The highest BCUT2D eigenvalue weighted by Gasteiger charge is 2.27. The third-order valence-electron chi connectivity index (χ3n) is 9.14. The first-order chi connectivity index (χ1) is 26.0. The fourth-order valence-electron chi connectivity index (χ4n) is 5.69. The Hall–Kier alpha value is -1.77. The largest absolute Gasteiger partial charge is 0.472 e. The van der Waals surface area contributed by atoms with Crippen LogP contribution in [0.5, 0.6) is 0 Å². The number of esters is 2. The number of hydrogen-bond donors (Lipinski definition) is 1. The maximum absolute atomic E-state index is 12.7. The Morgan fingerprint density at radius 3 is 1.56 bits per heavy atom. The molecule has 0 saturated heterocycles. The van der Waals surface area contributed by atoms with Crippen LogP contribution in [0.15, 0.2) is 36.5 Å². The molecule has 0 aromatic rings. The Kier molecular flexibility index (Phi) is 35.6. The molecule has 54 heavy (non-hydrogen) atoms. The van der Waals surface area contributed by atoms with Crippen LogP contribution < -0.4 is 0 Å². The number of quaternary nitrogens is 1. The van der Waals surface area contributed by atoms with Crippen LogP contribution in [-0.4, -0.2) is 74.9 Å². The number of allylic oxidation sites excluding steroid dienone is 6. The monoisotopic (exact) mass is 785 g/mol. The summed E-state index contributed by atoms with van der Waals surface area (Å²) in [7, 11) is 1.45. The predicted octanol–water partition coefficient (Wildman–Crippen LogP) is 12.1. The highest BCUT2D eigenvalue weighted by molar-refractivity contribution is 7.47. The van der Waals surface area contributed by atoms with Crippen LogP contribution >= 0.6 is 7.82 Å². The van der Waals surface area contributed by atoms with Crippen molar-refractivity contribution >= 4 is 19.8 Å². The SMILES string of the molecule is CCCCCC/C=C/CCCCCCCC(=O)OC[C@H](COP(=O)(O)OCC[N+](C)(C)C)OC(=O)CCC/C=C/C/C=C/CCCCCCCCCCC. The Labute approximate surface area is 331 Å². The van der Waals surface area contributed by atoms with Gasteiger partial charge >= 0.3 is 19.8 Å². The molecule has 0 aromatic heterocycles. The number of hydrogen-bond acceptors (Lipinski definition) is 7. The Bertz CT molecular complexity index is 1020. The molecule has 0 radical (unpaired) electrons. The lowest BCUT2D eigenvalue weighted by atomic mass is 10.1. The molecule has 1 N–H and O–H groups in total. The van der Waals surface area contributed by atoms with Crippen molar-refractivity contribution in [1.82, 2.24) is 0 Å². The van der Waals surface area contributed by atoms with Crippen molar-refractivity contribution in [3.63, 3.8) is 0 Å². The molecule has 316 valence electrons. The van der Waals surface area contributed by atoms with E-state index in [0.717, 1.165) is 57.8 Å². The van der Waals surface area contributed by atoms with E-state index in [4.69, 9.17) is 18.5 Å². The zero-order chi connectivity index (χ0) is 40.0. The van der Waals surface area contributed by atoms with Gasteiger partial charge in [-0.1, -0.05) is 140 Å². The van der Waals surface area contributed by atoms with Crippen molar-refractivity contribution in [2.24, 2.45) is 0 Å². The number of phosphoric acid groups is 1. The van der Waals surface area contributed by atoms with Crippen LogP contribution in [0, 0.1) is 0 Å². The highest BCUT2D eigenvalue weighted by atomic mass is 31.2. The molecular weight excluding hydrogens is 701 g/mol. The van der Waals surface area contributed by atoms with E-state index in [0.29, 0.717) is 17.4 Å². The standard InChI is InChI=1S/C44H82NO8P/c1-6-8-10-12-14-16-18-20-21-22-23-25-27-29-31-33-35-37-44(47)53-42(41-52-54(48,49)51-39-38-45(3,4)5)40-50-43(46)36-34-32-30-28-26-24-19-17-15-13-11-9-7-2/h17,19,23,25,29,31,42H,6-16,18,20-22,24,26-28,30,32-41H2,1-5H3/p+1/b19-17+,25-23+,31-29+/t42-/m1/s1. The van der Waals surface area contributed by atoms with Crippen LogP contribution in [-0.2, 0) is 32.7 Å².